The van der Waals surface area contributed by atoms with Crippen molar-refractivity contribution < 1.29 is 14.3 Å². The van der Waals surface area contributed by atoms with E-state index in [4.69, 9.17) is 16.3 Å². The Labute approximate surface area is 241 Å². The molecule has 1 fully saturated rings. The van der Waals surface area contributed by atoms with E-state index >= 15 is 0 Å². The molecule has 40 heavy (non-hydrogen) atoms. The predicted molar refractivity (Wildman–Crippen MR) is 162 cm³/mol. The molecule has 0 bridgehead atoms. The summed E-state index contributed by atoms with van der Waals surface area (Å²) >= 11 is 6.41. The maximum Gasteiger partial charge on any atom is 0.251 e. The standard InChI is InChI=1S/C34H37ClN2O3/c1-20(2)26-7-6-8-27(16-26)22(4)36-34(39)28-12-14-31-29(17-28)21(3)23(5)37(31)18-24-9-13-30(35)32(15-24)40-33(19-38)25-10-11-25/h6-9,12-17,19-20,22,25,33H,10-11,18H2,1-5H3,(H,36,39)/t22-,33-/m0/s1. The van der Waals surface area contributed by atoms with Gasteiger partial charge < -0.3 is 14.6 Å². The Morgan fingerprint density at radius 1 is 1.05 bits per heavy atom. The van der Waals surface area contributed by atoms with E-state index in [0.717, 1.165) is 52.4 Å². The molecule has 1 saturated carbocycles. The number of fused-ring (bicyclic) bond motifs is 1. The van der Waals surface area contributed by atoms with Crippen molar-refractivity contribution in [2.75, 3.05) is 0 Å². The third-order valence-electron chi connectivity index (χ3n) is 8.15. The summed E-state index contributed by atoms with van der Waals surface area (Å²) in [6.45, 7) is 11.2. The first-order valence-corrected chi connectivity index (χ1v) is 14.4. The topological polar surface area (TPSA) is 60.3 Å². The maximum absolute atomic E-state index is 13.3. The molecule has 208 valence electrons. The minimum atomic E-state index is -0.449. The number of aromatic nitrogens is 1. The quantitative estimate of drug-likeness (QED) is 0.202. The number of carbonyl (C=O) groups excluding carboxylic acids is 2. The Balaban J connectivity index is 1.37. The van der Waals surface area contributed by atoms with E-state index in [2.05, 4.69) is 61.8 Å². The molecule has 0 unspecified atom stereocenters. The van der Waals surface area contributed by atoms with Crippen molar-refractivity contribution in [1.82, 2.24) is 9.88 Å². The first-order valence-electron chi connectivity index (χ1n) is 14.1. The number of ether oxygens (including phenoxy) is 1. The lowest BCUT2D eigenvalue weighted by molar-refractivity contribution is -0.114. The number of carbonyl (C=O) groups is 2. The predicted octanol–water partition coefficient (Wildman–Crippen LogP) is 7.93. The minimum Gasteiger partial charge on any atom is -0.481 e. The highest BCUT2D eigenvalue weighted by Crippen LogP contribution is 2.36. The van der Waals surface area contributed by atoms with E-state index in [1.54, 1.807) is 0 Å². The molecule has 0 aliphatic heterocycles. The average Bonchev–Trinajstić information content (AvgIpc) is 3.77. The third kappa shape index (κ3) is 5.80. The second-order valence-corrected chi connectivity index (χ2v) is 11.8. The van der Waals surface area contributed by atoms with E-state index in [-0.39, 0.29) is 17.9 Å². The first kappa shape index (κ1) is 28.0. The molecule has 0 radical (unpaired) electrons. The van der Waals surface area contributed by atoms with Gasteiger partial charge in [-0.25, -0.2) is 0 Å². The van der Waals surface area contributed by atoms with Crippen LogP contribution in [0.3, 0.4) is 0 Å². The molecule has 3 aromatic carbocycles. The third-order valence-corrected chi connectivity index (χ3v) is 8.46. The number of amides is 1. The largest absolute Gasteiger partial charge is 0.481 e. The summed E-state index contributed by atoms with van der Waals surface area (Å²) in [4.78, 5) is 24.8. The Bertz CT molecular complexity index is 1570. The number of hydrogen-bond donors (Lipinski definition) is 1. The van der Waals surface area contributed by atoms with Gasteiger partial charge >= 0.3 is 0 Å². The summed E-state index contributed by atoms with van der Waals surface area (Å²) < 4.78 is 8.24. The van der Waals surface area contributed by atoms with Gasteiger partial charge in [-0.15, -0.1) is 0 Å². The molecule has 5 nitrogen and oxygen atoms in total. The number of halogens is 1. The van der Waals surface area contributed by atoms with Crippen LogP contribution in [0, 0.1) is 19.8 Å². The number of nitrogens with zero attached hydrogens (tertiary/aromatic N) is 1. The Kier molecular flexibility index (Phi) is 8.04. The number of rotatable bonds is 10. The van der Waals surface area contributed by atoms with E-state index in [0.29, 0.717) is 28.8 Å². The monoisotopic (exact) mass is 556 g/mol. The zero-order chi connectivity index (χ0) is 28.6. The zero-order valence-electron chi connectivity index (χ0n) is 23.8. The molecular weight excluding hydrogens is 520 g/mol. The zero-order valence-corrected chi connectivity index (χ0v) is 24.6. The first-order chi connectivity index (χ1) is 19.2. The Morgan fingerprint density at radius 2 is 1.80 bits per heavy atom. The van der Waals surface area contributed by atoms with Crippen molar-refractivity contribution in [3.05, 3.63) is 99.2 Å². The fourth-order valence-corrected chi connectivity index (χ4v) is 5.43. The van der Waals surface area contributed by atoms with Crippen LogP contribution in [0.1, 0.15) is 83.9 Å². The van der Waals surface area contributed by atoms with Crippen LogP contribution < -0.4 is 10.1 Å². The van der Waals surface area contributed by atoms with E-state index in [1.807, 2.05) is 43.3 Å². The van der Waals surface area contributed by atoms with Crippen LogP contribution in [0.2, 0.25) is 5.02 Å². The highest BCUT2D eigenvalue weighted by molar-refractivity contribution is 6.32. The maximum atomic E-state index is 13.3. The lowest BCUT2D eigenvalue weighted by Gasteiger charge is -2.17. The fourth-order valence-electron chi connectivity index (χ4n) is 5.27. The van der Waals surface area contributed by atoms with E-state index in [1.165, 1.54) is 5.56 Å². The number of aryl methyl sites for hydroxylation is 1. The Morgan fingerprint density at radius 3 is 2.50 bits per heavy atom. The van der Waals surface area contributed by atoms with Crippen LogP contribution in [-0.2, 0) is 11.3 Å². The molecule has 1 N–H and O–H groups in total. The molecule has 2 atom stereocenters. The van der Waals surface area contributed by atoms with E-state index < -0.39 is 6.10 Å². The van der Waals surface area contributed by atoms with Crippen molar-refractivity contribution in [1.29, 1.82) is 0 Å². The van der Waals surface area contributed by atoms with Crippen LogP contribution in [-0.4, -0.2) is 22.9 Å². The number of benzene rings is 3. The van der Waals surface area contributed by atoms with Crippen LogP contribution in [0.4, 0.5) is 0 Å². The van der Waals surface area contributed by atoms with Gasteiger partial charge in [0.15, 0.2) is 12.4 Å². The molecule has 4 aromatic rings. The average molecular weight is 557 g/mol. The van der Waals surface area contributed by atoms with Gasteiger partial charge in [0.2, 0.25) is 0 Å². The summed E-state index contributed by atoms with van der Waals surface area (Å²) in [7, 11) is 0. The van der Waals surface area contributed by atoms with Gasteiger partial charge in [0.25, 0.3) is 5.91 Å². The molecule has 0 spiro atoms. The summed E-state index contributed by atoms with van der Waals surface area (Å²) in [6.07, 6.45) is 2.46. The van der Waals surface area contributed by atoms with Crippen LogP contribution in [0.15, 0.2) is 60.7 Å². The number of hydrogen-bond acceptors (Lipinski definition) is 3. The fraction of sp³-hybridized carbons (Fsp3) is 0.353. The summed E-state index contributed by atoms with van der Waals surface area (Å²) in [5, 5.41) is 4.73. The SMILES string of the molecule is Cc1c(C)n(Cc2ccc(Cl)c(O[C@@H](C=O)C3CC3)c2)c2ccc(C(=O)N[C@@H](C)c3cccc(C(C)C)c3)cc12. The lowest BCUT2D eigenvalue weighted by Crippen LogP contribution is -2.26. The van der Waals surface area contributed by atoms with Gasteiger partial charge in [-0.2, -0.15) is 0 Å². The molecule has 1 heterocycles. The normalized spacial score (nSPS) is 14.8. The van der Waals surface area contributed by atoms with E-state index in [9.17, 15) is 9.59 Å². The van der Waals surface area contributed by atoms with Gasteiger partial charge in [-0.1, -0.05) is 55.8 Å². The minimum absolute atomic E-state index is 0.0889. The number of aldehydes is 1. The molecule has 1 aliphatic rings. The summed E-state index contributed by atoms with van der Waals surface area (Å²) in [5.41, 5.74) is 7.36. The molecular formula is C34H37ClN2O3. The number of nitrogens with one attached hydrogen (secondary N) is 1. The molecule has 6 heteroatoms. The van der Waals surface area contributed by atoms with Gasteiger partial charge in [0.05, 0.1) is 11.1 Å². The molecule has 1 aliphatic carbocycles. The highest BCUT2D eigenvalue weighted by atomic mass is 35.5. The van der Waals surface area contributed by atoms with Crippen molar-refractivity contribution in [2.45, 2.75) is 72.1 Å². The van der Waals surface area contributed by atoms with Gasteiger partial charge in [-0.05, 0) is 92.1 Å². The van der Waals surface area contributed by atoms with Crippen LogP contribution in [0.5, 0.6) is 5.75 Å². The van der Waals surface area contributed by atoms with Crippen molar-refractivity contribution in [2.24, 2.45) is 5.92 Å². The van der Waals surface area contributed by atoms with Crippen molar-refractivity contribution in [3.63, 3.8) is 0 Å². The van der Waals surface area contributed by atoms with Crippen LogP contribution in [0.25, 0.3) is 10.9 Å². The van der Waals surface area contributed by atoms with Gasteiger partial charge in [0.1, 0.15) is 5.75 Å². The smallest absolute Gasteiger partial charge is 0.251 e. The summed E-state index contributed by atoms with van der Waals surface area (Å²) in [6, 6.07) is 20.0. The Hall–Kier alpha value is -3.57. The van der Waals surface area contributed by atoms with Gasteiger partial charge in [-0.3, -0.25) is 9.59 Å². The second-order valence-electron chi connectivity index (χ2n) is 11.4. The molecule has 0 saturated heterocycles. The van der Waals surface area contributed by atoms with Gasteiger partial charge in [0, 0.05) is 34.6 Å². The molecule has 1 aromatic heterocycles. The molecule has 1 amide bonds. The van der Waals surface area contributed by atoms with Crippen molar-refractivity contribution in [3.8, 4) is 5.75 Å². The highest BCUT2D eigenvalue weighted by Gasteiger charge is 2.33. The van der Waals surface area contributed by atoms with Crippen molar-refractivity contribution >= 4 is 34.7 Å². The van der Waals surface area contributed by atoms with Crippen LogP contribution >= 0.6 is 11.6 Å². The molecule has 5 rings (SSSR count). The lowest BCUT2D eigenvalue weighted by atomic mass is 9.98. The summed E-state index contributed by atoms with van der Waals surface area (Å²) in [5.74, 6) is 1.17. The second kappa shape index (κ2) is 11.5.